The number of carbonyl (C=O) groups excluding carboxylic acids is 1. The molecule has 0 unspecified atom stereocenters. The van der Waals surface area contributed by atoms with Crippen LogP contribution in [-0.2, 0) is 6.61 Å². The van der Waals surface area contributed by atoms with Crippen LogP contribution in [0.4, 0.5) is 5.00 Å². The third kappa shape index (κ3) is 5.24. The van der Waals surface area contributed by atoms with Crippen molar-refractivity contribution in [1.29, 1.82) is 0 Å². The second-order valence-corrected chi connectivity index (χ2v) is 7.56. The van der Waals surface area contributed by atoms with E-state index in [0.29, 0.717) is 22.8 Å². The maximum atomic E-state index is 12.5. The predicted molar refractivity (Wildman–Crippen MR) is 111 cm³/mol. The number of ether oxygens (including phenoxy) is 1. The average Bonchev–Trinajstić information content (AvgIpc) is 3.17. The summed E-state index contributed by atoms with van der Waals surface area (Å²) < 4.78 is 6.51. The number of hydrogen-bond donors (Lipinski definition) is 1. The summed E-state index contributed by atoms with van der Waals surface area (Å²) in [7, 11) is 0. The van der Waals surface area contributed by atoms with Crippen LogP contribution in [-0.4, -0.2) is 17.0 Å². The number of rotatable bonds is 7. The summed E-state index contributed by atoms with van der Waals surface area (Å²) in [5.74, 6) is -0.0295. The molecule has 0 fully saturated rings. The minimum Gasteiger partial charge on any atom is -0.488 e. The van der Waals surface area contributed by atoms with Crippen LogP contribution >= 0.6 is 27.3 Å². The van der Waals surface area contributed by atoms with Gasteiger partial charge >= 0.3 is 5.00 Å². The number of nitro groups is 1. The van der Waals surface area contributed by atoms with Gasteiger partial charge in [0.15, 0.2) is 0 Å². The number of nitrogens with one attached hydrogen (secondary N) is 1. The highest BCUT2D eigenvalue weighted by molar-refractivity contribution is 9.10. The summed E-state index contributed by atoms with van der Waals surface area (Å²) in [6.07, 6.45) is 1.36. The van der Waals surface area contributed by atoms with E-state index < -0.39 is 10.8 Å². The summed E-state index contributed by atoms with van der Waals surface area (Å²) in [5.41, 5.74) is 3.72. The zero-order valence-electron chi connectivity index (χ0n) is 14.4. The Labute approximate surface area is 172 Å². The molecule has 3 rings (SSSR count). The lowest BCUT2D eigenvalue weighted by molar-refractivity contribution is -0.380. The van der Waals surface area contributed by atoms with Gasteiger partial charge in [-0.05, 0) is 29.8 Å². The Morgan fingerprint density at radius 3 is 2.71 bits per heavy atom. The normalized spacial score (nSPS) is 10.8. The van der Waals surface area contributed by atoms with Crippen LogP contribution in [0.5, 0.6) is 5.75 Å². The van der Waals surface area contributed by atoms with Crippen molar-refractivity contribution < 1.29 is 14.5 Å². The van der Waals surface area contributed by atoms with Crippen molar-refractivity contribution in [2.45, 2.75) is 6.61 Å². The summed E-state index contributed by atoms with van der Waals surface area (Å²) in [4.78, 5) is 23.3. The first kappa shape index (κ1) is 19.7. The van der Waals surface area contributed by atoms with Crippen molar-refractivity contribution in [2.75, 3.05) is 0 Å². The molecule has 1 heterocycles. The second-order valence-electron chi connectivity index (χ2n) is 5.55. The van der Waals surface area contributed by atoms with Crippen molar-refractivity contribution in [3.8, 4) is 5.75 Å². The fourth-order valence-corrected chi connectivity index (χ4v) is 3.32. The van der Waals surface area contributed by atoms with Crippen molar-refractivity contribution in [3.05, 3.63) is 91.3 Å². The SMILES string of the molecule is O=C(N/N=C\c1ccc([N+](=O)[O-])s1)c1cc(Br)ccc1OCc1ccccc1. The molecule has 0 bridgehead atoms. The van der Waals surface area contributed by atoms with Gasteiger partial charge in [0.1, 0.15) is 12.4 Å². The standard InChI is InChI=1S/C19H14BrN3O4S/c20-14-6-8-17(27-12-13-4-2-1-3-5-13)16(10-14)19(24)22-21-11-15-7-9-18(28-15)23(25)26/h1-11H,12H2,(H,22,24)/b21-11-. The third-order valence-corrected chi connectivity index (χ3v) is 5.04. The maximum absolute atomic E-state index is 12.5. The predicted octanol–water partition coefficient (Wildman–Crippen LogP) is 4.76. The first-order chi connectivity index (χ1) is 13.5. The molecule has 9 heteroatoms. The highest BCUT2D eigenvalue weighted by Crippen LogP contribution is 2.25. The number of nitrogens with zero attached hydrogens (tertiary/aromatic N) is 2. The molecule has 0 aliphatic carbocycles. The minimum atomic E-state index is -0.474. The van der Waals surface area contributed by atoms with E-state index in [-0.39, 0.29) is 5.00 Å². The van der Waals surface area contributed by atoms with E-state index in [9.17, 15) is 14.9 Å². The van der Waals surface area contributed by atoms with Gasteiger partial charge < -0.3 is 4.74 Å². The van der Waals surface area contributed by atoms with Crippen molar-refractivity contribution >= 4 is 44.4 Å². The van der Waals surface area contributed by atoms with Crippen LogP contribution in [0.25, 0.3) is 0 Å². The molecule has 7 nitrogen and oxygen atoms in total. The smallest absolute Gasteiger partial charge is 0.324 e. The molecular weight excluding hydrogens is 446 g/mol. The zero-order chi connectivity index (χ0) is 19.9. The topological polar surface area (TPSA) is 93.8 Å². The third-order valence-electron chi connectivity index (χ3n) is 3.57. The number of hydrazone groups is 1. The molecule has 1 amide bonds. The fraction of sp³-hybridized carbons (Fsp3) is 0.0526. The van der Waals surface area contributed by atoms with Gasteiger partial charge in [-0.2, -0.15) is 5.10 Å². The summed E-state index contributed by atoms with van der Waals surface area (Å²) >= 11 is 4.31. The number of amides is 1. The highest BCUT2D eigenvalue weighted by Gasteiger charge is 2.13. The van der Waals surface area contributed by atoms with Crippen molar-refractivity contribution in [2.24, 2.45) is 5.10 Å². The van der Waals surface area contributed by atoms with Gasteiger partial charge in [-0.25, -0.2) is 5.43 Å². The zero-order valence-corrected chi connectivity index (χ0v) is 16.8. The quantitative estimate of drug-likeness (QED) is 0.313. The van der Waals surface area contributed by atoms with E-state index >= 15 is 0 Å². The van der Waals surface area contributed by atoms with Crippen molar-refractivity contribution in [1.82, 2.24) is 5.43 Å². The summed E-state index contributed by atoms with van der Waals surface area (Å²) in [5, 5.41) is 14.6. The Balaban J connectivity index is 1.68. The van der Waals surface area contributed by atoms with Crippen LogP contribution < -0.4 is 10.2 Å². The monoisotopic (exact) mass is 459 g/mol. The molecule has 0 aliphatic heterocycles. The maximum Gasteiger partial charge on any atom is 0.324 e. The Morgan fingerprint density at radius 2 is 2.00 bits per heavy atom. The number of halogens is 1. The van der Waals surface area contributed by atoms with Gasteiger partial charge in [0, 0.05) is 10.5 Å². The summed E-state index contributed by atoms with van der Waals surface area (Å²) in [6, 6.07) is 17.7. The highest BCUT2D eigenvalue weighted by atomic mass is 79.9. The molecule has 0 saturated heterocycles. The van der Waals surface area contributed by atoms with Gasteiger partial charge in [-0.3, -0.25) is 14.9 Å². The number of carbonyl (C=O) groups is 1. The van der Waals surface area contributed by atoms with E-state index in [4.69, 9.17) is 4.74 Å². The van der Waals surface area contributed by atoms with Crippen molar-refractivity contribution in [3.63, 3.8) is 0 Å². The van der Waals surface area contributed by atoms with E-state index in [1.54, 1.807) is 24.3 Å². The van der Waals surface area contributed by atoms with Crippen LogP contribution in [0.2, 0.25) is 0 Å². The van der Waals surface area contributed by atoms with E-state index in [1.165, 1.54) is 12.3 Å². The Hall–Kier alpha value is -3.04. The molecule has 2 aromatic carbocycles. The number of hydrogen-bond acceptors (Lipinski definition) is 6. The molecule has 0 saturated carbocycles. The Morgan fingerprint density at radius 1 is 1.21 bits per heavy atom. The minimum absolute atomic E-state index is 0.0105. The van der Waals surface area contributed by atoms with Crippen LogP contribution in [0.15, 0.2) is 70.2 Å². The van der Waals surface area contributed by atoms with E-state index in [2.05, 4.69) is 26.5 Å². The second kappa shape index (κ2) is 9.25. The lowest BCUT2D eigenvalue weighted by Gasteiger charge is -2.11. The molecule has 0 atom stereocenters. The van der Waals surface area contributed by atoms with Gasteiger partial charge in [-0.15, -0.1) is 0 Å². The van der Waals surface area contributed by atoms with Crippen LogP contribution in [0.3, 0.4) is 0 Å². The number of benzene rings is 2. The van der Waals surface area contributed by atoms with Gasteiger partial charge in [0.05, 0.1) is 21.6 Å². The molecule has 142 valence electrons. The molecular formula is C19H14BrN3O4S. The summed E-state index contributed by atoms with van der Waals surface area (Å²) in [6.45, 7) is 0.324. The van der Waals surface area contributed by atoms with E-state index in [0.717, 1.165) is 21.4 Å². The largest absolute Gasteiger partial charge is 0.488 e. The van der Waals surface area contributed by atoms with Crippen LogP contribution in [0.1, 0.15) is 20.8 Å². The van der Waals surface area contributed by atoms with Gasteiger partial charge in [0.25, 0.3) is 5.91 Å². The van der Waals surface area contributed by atoms with E-state index in [1.807, 2.05) is 30.3 Å². The molecule has 1 aromatic heterocycles. The Kier molecular flexibility index (Phi) is 6.51. The Bertz CT molecular complexity index is 1020. The average molecular weight is 460 g/mol. The molecule has 0 aliphatic rings. The molecule has 28 heavy (non-hydrogen) atoms. The fourth-order valence-electron chi connectivity index (χ4n) is 2.27. The molecule has 0 spiro atoms. The lowest BCUT2D eigenvalue weighted by atomic mass is 10.2. The first-order valence-electron chi connectivity index (χ1n) is 8.07. The van der Waals surface area contributed by atoms with Gasteiger partial charge in [-0.1, -0.05) is 57.6 Å². The molecule has 3 aromatic rings. The van der Waals surface area contributed by atoms with Crippen LogP contribution in [0, 0.1) is 10.1 Å². The number of thiophene rings is 1. The molecule has 0 radical (unpaired) electrons. The first-order valence-corrected chi connectivity index (χ1v) is 9.68. The van der Waals surface area contributed by atoms with Gasteiger partial charge in [0.2, 0.25) is 0 Å². The molecule has 1 N–H and O–H groups in total. The lowest BCUT2D eigenvalue weighted by Crippen LogP contribution is -2.18.